The number of rotatable bonds is 1. The summed E-state index contributed by atoms with van der Waals surface area (Å²) in [5.74, 6) is 0. The van der Waals surface area contributed by atoms with Crippen molar-refractivity contribution in [3.63, 3.8) is 0 Å². The van der Waals surface area contributed by atoms with E-state index >= 15 is 0 Å². The van der Waals surface area contributed by atoms with Gasteiger partial charge in [-0.2, -0.15) is 0 Å². The van der Waals surface area contributed by atoms with Gasteiger partial charge >= 0.3 is 5.69 Å². The highest BCUT2D eigenvalue weighted by Crippen LogP contribution is 2.33. The molecule has 2 aromatic rings. The van der Waals surface area contributed by atoms with Crippen LogP contribution in [0.5, 0.6) is 0 Å². The minimum Gasteiger partial charge on any atom is -0.397 e. The van der Waals surface area contributed by atoms with Gasteiger partial charge in [0.15, 0.2) is 17.4 Å². The van der Waals surface area contributed by atoms with E-state index in [4.69, 9.17) is 4.74 Å². The van der Waals surface area contributed by atoms with Crippen molar-refractivity contribution in [2.75, 3.05) is 7.11 Å². The second kappa shape index (κ2) is 4.13. The van der Waals surface area contributed by atoms with E-state index in [-0.39, 0.29) is 12.0 Å². The highest BCUT2D eigenvalue weighted by Gasteiger charge is 2.47. The van der Waals surface area contributed by atoms with Gasteiger partial charge in [0, 0.05) is 0 Å². The second-order valence-corrected chi connectivity index (χ2v) is 4.91. The van der Waals surface area contributed by atoms with Crippen LogP contribution in [-0.4, -0.2) is 60.2 Å². The topological polar surface area (TPSA) is 140 Å². The van der Waals surface area contributed by atoms with Crippen LogP contribution in [0.15, 0.2) is 9.95 Å². The lowest BCUT2D eigenvalue weighted by Crippen LogP contribution is -2.40. The van der Waals surface area contributed by atoms with Crippen molar-refractivity contribution < 1.29 is 19.8 Å². The predicted molar refractivity (Wildman–Crippen MR) is 64.6 cm³/mol. The Hall–Kier alpha value is -2.24. The number of hydrogen-bond donors (Lipinski definition) is 3. The Morgan fingerprint density at radius 1 is 1.48 bits per heavy atom. The number of fused-ring (bicyclic) bond motifs is 3. The number of aliphatic hydroxyl groups is 2. The fraction of sp³-hybridized carbons (Fsp3) is 0.600. The Morgan fingerprint density at radius 3 is 3.05 bits per heavy atom. The Morgan fingerprint density at radius 2 is 2.29 bits per heavy atom. The monoisotopic (exact) mass is 296 g/mol. The zero-order valence-electron chi connectivity index (χ0n) is 10.9. The first-order valence-corrected chi connectivity index (χ1v) is 6.28. The molecule has 1 saturated heterocycles. The molecule has 11 heteroatoms. The van der Waals surface area contributed by atoms with Gasteiger partial charge in [-0.15, -0.1) is 5.10 Å². The zero-order valence-corrected chi connectivity index (χ0v) is 10.9. The van der Waals surface area contributed by atoms with Gasteiger partial charge in [0.2, 0.25) is 5.49 Å². The molecule has 2 aliphatic heterocycles. The van der Waals surface area contributed by atoms with Crippen molar-refractivity contribution in [3.05, 3.63) is 16.0 Å². The molecule has 2 bridgehead atoms. The molecular formula is C10H12N6O5. The van der Waals surface area contributed by atoms with Crippen molar-refractivity contribution in [2.24, 2.45) is 5.16 Å². The third kappa shape index (κ3) is 1.53. The van der Waals surface area contributed by atoms with Crippen LogP contribution in [0.1, 0.15) is 6.23 Å². The first kappa shape index (κ1) is 12.5. The van der Waals surface area contributed by atoms with E-state index in [1.165, 1.54) is 16.4 Å². The number of nitrogens with one attached hydrogen (secondary N) is 1. The molecule has 4 heterocycles. The van der Waals surface area contributed by atoms with E-state index < -0.39 is 30.2 Å². The molecular weight excluding hydrogens is 284 g/mol. The Bertz CT molecular complexity index is 837. The maximum atomic E-state index is 12.3. The molecule has 2 aromatic heterocycles. The van der Waals surface area contributed by atoms with Gasteiger partial charge in [0.05, 0.1) is 6.54 Å². The van der Waals surface area contributed by atoms with Gasteiger partial charge in [-0.1, -0.05) is 10.4 Å². The van der Waals surface area contributed by atoms with Crippen LogP contribution in [0.4, 0.5) is 0 Å². The standard InChI is InChI=1S/C10H12N6O5/c1-20-13-7-4-8-15(14-12-4)2-3-5(17)6(18)9(21-3)16(8)10(19)11-7/h3,5-6,9,17-18H,2H2,1H3,(H,11,13,19)/t3-,5?,6?,9-/m1/s1. The molecule has 112 valence electrons. The van der Waals surface area contributed by atoms with Crippen LogP contribution in [0.3, 0.4) is 0 Å². The average molecular weight is 296 g/mol. The molecule has 0 aliphatic carbocycles. The third-order valence-electron chi connectivity index (χ3n) is 3.73. The third-order valence-corrected chi connectivity index (χ3v) is 3.73. The number of aromatic amines is 1. The summed E-state index contributed by atoms with van der Waals surface area (Å²) in [5, 5.41) is 31.6. The lowest BCUT2D eigenvalue weighted by Gasteiger charge is -2.19. The van der Waals surface area contributed by atoms with Crippen LogP contribution in [0.25, 0.3) is 11.2 Å². The molecule has 2 unspecified atom stereocenters. The van der Waals surface area contributed by atoms with Crippen molar-refractivity contribution in [1.29, 1.82) is 0 Å². The summed E-state index contributed by atoms with van der Waals surface area (Å²) in [7, 11) is 1.35. The average Bonchev–Trinajstić information content (AvgIpc) is 2.91. The number of aromatic nitrogens is 5. The first-order chi connectivity index (χ1) is 10.1. The Kier molecular flexibility index (Phi) is 2.46. The van der Waals surface area contributed by atoms with E-state index in [1.807, 2.05) is 0 Å². The van der Waals surface area contributed by atoms with Gasteiger partial charge in [-0.3, -0.25) is 4.98 Å². The smallest absolute Gasteiger partial charge is 0.331 e. The van der Waals surface area contributed by atoms with E-state index in [0.717, 1.165) is 0 Å². The summed E-state index contributed by atoms with van der Waals surface area (Å²) in [5.41, 5.74) is 0.232. The van der Waals surface area contributed by atoms with Crippen molar-refractivity contribution in [2.45, 2.75) is 31.1 Å². The Labute approximate surface area is 116 Å². The number of hydrogen-bond acceptors (Lipinski definition) is 8. The van der Waals surface area contributed by atoms with E-state index in [0.29, 0.717) is 11.2 Å². The van der Waals surface area contributed by atoms with Crippen LogP contribution in [-0.2, 0) is 16.1 Å². The summed E-state index contributed by atoms with van der Waals surface area (Å²) in [6.45, 7) is 0.168. The summed E-state index contributed by atoms with van der Waals surface area (Å²) in [6.07, 6.45) is -3.99. The minimum atomic E-state index is -1.21. The normalized spacial score (nSPS) is 31.7. The molecule has 0 amide bonds. The SMILES string of the molecule is CO/N=c1/[nH]c(=O)n2c3c1nnn3C[C@H]1O[C@@H]2C(O)C1O. The number of H-pyrrole nitrogens is 1. The van der Waals surface area contributed by atoms with Crippen LogP contribution in [0.2, 0.25) is 0 Å². The molecule has 21 heavy (non-hydrogen) atoms. The summed E-state index contributed by atoms with van der Waals surface area (Å²) in [4.78, 5) is 19.4. The van der Waals surface area contributed by atoms with Crippen LogP contribution < -0.4 is 11.2 Å². The molecule has 0 saturated carbocycles. The summed E-state index contributed by atoms with van der Waals surface area (Å²) >= 11 is 0. The summed E-state index contributed by atoms with van der Waals surface area (Å²) in [6, 6.07) is 0. The molecule has 3 N–H and O–H groups in total. The molecule has 0 aromatic carbocycles. The molecule has 2 aliphatic rings. The molecule has 0 spiro atoms. The van der Waals surface area contributed by atoms with Crippen molar-refractivity contribution in [1.82, 2.24) is 24.5 Å². The van der Waals surface area contributed by atoms with Crippen molar-refractivity contribution in [3.8, 4) is 0 Å². The molecule has 0 radical (unpaired) electrons. The highest BCUT2D eigenvalue weighted by atomic mass is 16.6. The molecule has 4 atom stereocenters. The molecule has 4 rings (SSSR count). The number of aliphatic hydroxyl groups excluding tert-OH is 2. The van der Waals surface area contributed by atoms with E-state index in [2.05, 4.69) is 25.3 Å². The van der Waals surface area contributed by atoms with Gasteiger partial charge in [0.25, 0.3) is 0 Å². The minimum absolute atomic E-state index is 0.132. The lowest BCUT2D eigenvalue weighted by atomic mass is 10.1. The number of ether oxygens (including phenoxy) is 1. The van der Waals surface area contributed by atoms with E-state index in [1.54, 1.807) is 0 Å². The van der Waals surface area contributed by atoms with Crippen LogP contribution in [0, 0.1) is 0 Å². The molecule has 11 nitrogen and oxygen atoms in total. The fourth-order valence-corrected chi connectivity index (χ4v) is 2.80. The van der Waals surface area contributed by atoms with Gasteiger partial charge in [-0.05, 0) is 0 Å². The maximum absolute atomic E-state index is 12.3. The van der Waals surface area contributed by atoms with Crippen molar-refractivity contribution >= 4 is 11.2 Å². The fourth-order valence-electron chi connectivity index (χ4n) is 2.80. The summed E-state index contributed by atoms with van der Waals surface area (Å²) < 4.78 is 8.18. The second-order valence-electron chi connectivity index (χ2n) is 4.91. The zero-order chi connectivity index (χ0) is 14.7. The number of nitrogens with zero attached hydrogens (tertiary/aromatic N) is 5. The van der Waals surface area contributed by atoms with E-state index in [9.17, 15) is 15.0 Å². The lowest BCUT2D eigenvalue weighted by molar-refractivity contribution is -0.0358. The largest absolute Gasteiger partial charge is 0.397 e. The quantitative estimate of drug-likeness (QED) is 0.477. The predicted octanol–water partition coefficient (Wildman–Crippen LogP) is -2.98. The first-order valence-electron chi connectivity index (χ1n) is 6.28. The van der Waals surface area contributed by atoms with Gasteiger partial charge < -0.3 is 19.8 Å². The molecule has 1 fully saturated rings. The van der Waals surface area contributed by atoms with Gasteiger partial charge in [-0.25, -0.2) is 14.0 Å². The highest BCUT2D eigenvalue weighted by molar-refractivity contribution is 5.68. The van der Waals surface area contributed by atoms with Crippen LogP contribution >= 0.6 is 0 Å². The Balaban J connectivity index is 2.10. The van der Waals surface area contributed by atoms with Gasteiger partial charge in [0.1, 0.15) is 25.4 Å². The maximum Gasteiger partial charge on any atom is 0.331 e.